The van der Waals surface area contributed by atoms with Gasteiger partial charge in [0.2, 0.25) is 0 Å². The summed E-state index contributed by atoms with van der Waals surface area (Å²) in [6.45, 7) is 9.53. The highest BCUT2D eigenvalue weighted by molar-refractivity contribution is 5.74. The van der Waals surface area contributed by atoms with E-state index in [2.05, 4.69) is 6.07 Å². The molecule has 3 nitrogen and oxygen atoms in total. The molecular formula is C22H24FNO2. The second kappa shape index (κ2) is 8.14. The van der Waals surface area contributed by atoms with E-state index in [4.69, 9.17) is 10.00 Å². The molecule has 1 atom stereocenters. The first-order chi connectivity index (χ1) is 12.3. The van der Waals surface area contributed by atoms with Crippen LogP contribution in [0.1, 0.15) is 54.0 Å². The van der Waals surface area contributed by atoms with Gasteiger partial charge in [0.25, 0.3) is 0 Å². The molecule has 2 rings (SSSR count). The van der Waals surface area contributed by atoms with Gasteiger partial charge in [0.1, 0.15) is 5.82 Å². The van der Waals surface area contributed by atoms with Crippen molar-refractivity contribution < 1.29 is 13.9 Å². The van der Waals surface area contributed by atoms with E-state index in [1.807, 2.05) is 45.0 Å². The van der Waals surface area contributed by atoms with Gasteiger partial charge in [-0.05, 0) is 91.3 Å². The Kier molecular flexibility index (Phi) is 6.15. The van der Waals surface area contributed by atoms with Crippen molar-refractivity contribution in [3.8, 4) is 17.2 Å². The number of rotatable bonds is 5. The SMILES string of the molecule is CCOC(=O)C[C@H](C)c1cc(-c2c(C)cc(C#N)cc2C)cc(C)c1F. The summed E-state index contributed by atoms with van der Waals surface area (Å²) in [6.07, 6.45) is 0.138. The van der Waals surface area contributed by atoms with Gasteiger partial charge in [-0.1, -0.05) is 6.92 Å². The fraction of sp³-hybridized carbons (Fsp3) is 0.364. The molecule has 0 aliphatic rings. The normalized spacial score (nSPS) is 11.7. The van der Waals surface area contributed by atoms with E-state index < -0.39 is 0 Å². The Morgan fingerprint density at radius 2 is 1.77 bits per heavy atom. The van der Waals surface area contributed by atoms with E-state index in [1.165, 1.54) is 0 Å². The summed E-state index contributed by atoms with van der Waals surface area (Å²) in [5.74, 6) is -0.894. The molecule has 0 radical (unpaired) electrons. The van der Waals surface area contributed by atoms with E-state index >= 15 is 0 Å². The molecule has 0 aliphatic heterocycles. The van der Waals surface area contributed by atoms with Gasteiger partial charge in [-0.25, -0.2) is 4.39 Å². The Bertz CT molecular complexity index is 857. The highest BCUT2D eigenvalue weighted by Crippen LogP contribution is 2.34. The maximum Gasteiger partial charge on any atom is 0.306 e. The van der Waals surface area contributed by atoms with Crippen molar-refractivity contribution in [2.45, 2.75) is 47.0 Å². The second-order valence-electron chi connectivity index (χ2n) is 6.70. The zero-order chi connectivity index (χ0) is 19.4. The van der Waals surface area contributed by atoms with Gasteiger partial charge >= 0.3 is 5.97 Å². The number of nitriles is 1. The lowest BCUT2D eigenvalue weighted by molar-refractivity contribution is -0.143. The van der Waals surface area contributed by atoms with Crippen molar-refractivity contribution >= 4 is 5.97 Å². The minimum absolute atomic E-state index is 0.138. The summed E-state index contributed by atoms with van der Waals surface area (Å²) < 4.78 is 19.7. The number of carbonyl (C=O) groups is 1. The highest BCUT2D eigenvalue weighted by Gasteiger charge is 2.19. The minimum atomic E-state index is -0.326. The number of esters is 1. The van der Waals surface area contributed by atoms with Crippen LogP contribution >= 0.6 is 0 Å². The molecule has 0 amide bonds. The summed E-state index contributed by atoms with van der Waals surface area (Å²) in [7, 11) is 0. The summed E-state index contributed by atoms with van der Waals surface area (Å²) >= 11 is 0. The molecule has 0 heterocycles. The van der Waals surface area contributed by atoms with Crippen LogP contribution in [0.3, 0.4) is 0 Å². The van der Waals surface area contributed by atoms with Crippen LogP contribution in [0.2, 0.25) is 0 Å². The van der Waals surface area contributed by atoms with Crippen molar-refractivity contribution in [1.29, 1.82) is 5.26 Å². The lowest BCUT2D eigenvalue weighted by Crippen LogP contribution is -2.10. The van der Waals surface area contributed by atoms with E-state index in [-0.39, 0.29) is 24.1 Å². The number of halogens is 1. The van der Waals surface area contributed by atoms with Crippen LogP contribution in [0, 0.1) is 37.9 Å². The highest BCUT2D eigenvalue weighted by atomic mass is 19.1. The molecule has 136 valence electrons. The Hall–Kier alpha value is -2.67. The molecule has 2 aromatic rings. The number of ether oxygens (including phenoxy) is 1. The Morgan fingerprint density at radius 3 is 2.31 bits per heavy atom. The van der Waals surface area contributed by atoms with Crippen LogP contribution in [0.25, 0.3) is 11.1 Å². The number of hydrogen-bond donors (Lipinski definition) is 0. The van der Waals surface area contributed by atoms with Crippen molar-refractivity contribution in [2.75, 3.05) is 6.61 Å². The van der Waals surface area contributed by atoms with Gasteiger partial charge in [-0.2, -0.15) is 5.26 Å². The number of carbonyl (C=O) groups excluding carboxylic acids is 1. The van der Waals surface area contributed by atoms with Crippen LogP contribution in [0.4, 0.5) is 4.39 Å². The average Bonchev–Trinajstić information content (AvgIpc) is 2.57. The Morgan fingerprint density at radius 1 is 1.15 bits per heavy atom. The number of nitrogens with zero attached hydrogens (tertiary/aromatic N) is 1. The predicted molar refractivity (Wildman–Crippen MR) is 100 cm³/mol. The minimum Gasteiger partial charge on any atom is -0.466 e. The molecule has 2 aromatic carbocycles. The quantitative estimate of drug-likeness (QED) is 0.681. The first kappa shape index (κ1) is 19.7. The van der Waals surface area contributed by atoms with Crippen molar-refractivity contribution in [3.63, 3.8) is 0 Å². The first-order valence-electron chi connectivity index (χ1n) is 8.75. The van der Waals surface area contributed by atoms with Crippen LogP contribution in [-0.4, -0.2) is 12.6 Å². The summed E-state index contributed by atoms with van der Waals surface area (Å²) in [4.78, 5) is 11.8. The van der Waals surface area contributed by atoms with Gasteiger partial charge in [-0.3, -0.25) is 4.79 Å². The molecule has 0 bridgehead atoms. The topological polar surface area (TPSA) is 50.1 Å². The molecule has 0 fully saturated rings. The van der Waals surface area contributed by atoms with Crippen LogP contribution in [0.5, 0.6) is 0 Å². The molecule has 0 unspecified atom stereocenters. The van der Waals surface area contributed by atoms with Crippen LogP contribution in [-0.2, 0) is 9.53 Å². The maximum absolute atomic E-state index is 14.7. The second-order valence-corrected chi connectivity index (χ2v) is 6.70. The first-order valence-corrected chi connectivity index (χ1v) is 8.75. The van der Waals surface area contributed by atoms with Gasteiger partial charge in [0.05, 0.1) is 24.7 Å². The molecule has 0 saturated heterocycles. The fourth-order valence-electron chi connectivity index (χ4n) is 3.36. The lowest BCUT2D eigenvalue weighted by atomic mass is 9.88. The zero-order valence-electron chi connectivity index (χ0n) is 15.9. The Labute approximate surface area is 154 Å². The molecule has 0 aromatic heterocycles. The zero-order valence-corrected chi connectivity index (χ0v) is 15.9. The molecule has 0 N–H and O–H groups in total. The monoisotopic (exact) mass is 353 g/mol. The lowest BCUT2D eigenvalue weighted by Gasteiger charge is -2.18. The summed E-state index contributed by atoms with van der Waals surface area (Å²) in [5, 5.41) is 9.13. The van der Waals surface area contributed by atoms with Gasteiger partial charge in [0, 0.05) is 0 Å². The third-order valence-electron chi connectivity index (χ3n) is 4.54. The molecule has 0 aliphatic carbocycles. The third kappa shape index (κ3) is 4.11. The fourth-order valence-corrected chi connectivity index (χ4v) is 3.36. The largest absolute Gasteiger partial charge is 0.466 e. The van der Waals surface area contributed by atoms with Crippen LogP contribution < -0.4 is 0 Å². The van der Waals surface area contributed by atoms with E-state index in [0.29, 0.717) is 23.3 Å². The standard InChI is InChI=1S/C22H24FNO2/c1-6-26-20(25)10-13(2)19-11-18(9-16(5)22(19)23)21-14(3)7-17(12-24)8-15(21)4/h7-9,11,13H,6,10H2,1-5H3/t13-/m0/s1. The molecule has 0 spiro atoms. The maximum atomic E-state index is 14.7. The smallest absolute Gasteiger partial charge is 0.306 e. The van der Waals surface area contributed by atoms with Crippen molar-refractivity contribution in [3.05, 3.63) is 57.9 Å². The number of benzene rings is 2. The van der Waals surface area contributed by atoms with Crippen LogP contribution in [0.15, 0.2) is 24.3 Å². The Balaban J connectivity index is 2.52. The van der Waals surface area contributed by atoms with Crippen molar-refractivity contribution in [1.82, 2.24) is 0 Å². The average molecular weight is 353 g/mol. The molecule has 0 saturated carbocycles. The third-order valence-corrected chi connectivity index (χ3v) is 4.54. The van der Waals surface area contributed by atoms with E-state index in [0.717, 1.165) is 22.3 Å². The van der Waals surface area contributed by atoms with Gasteiger partial charge in [-0.15, -0.1) is 0 Å². The molecule has 4 heteroatoms. The van der Waals surface area contributed by atoms with Gasteiger partial charge < -0.3 is 4.74 Å². The van der Waals surface area contributed by atoms with E-state index in [1.54, 1.807) is 13.8 Å². The summed E-state index contributed by atoms with van der Waals surface area (Å²) in [6, 6.07) is 9.46. The predicted octanol–water partition coefficient (Wildman–Crippen LogP) is 5.35. The van der Waals surface area contributed by atoms with Crippen molar-refractivity contribution in [2.24, 2.45) is 0 Å². The van der Waals surface area contributed by atoms with Gasteiger partial charge in [0.15, 0.2) is 0 Å². The molecule has 26 heavy (non-hydrogen) atoms. The number of hydrogen-bond acceptors (Lipinski definition) is 3. The molecular weight excluding hydrogens is 329 g/mol. The number of aryl methyl sites for hydroxylation is 3. The summed E-state index contributed by atoms with van der Waals surface area (Å²) in [5.41, 5.74) is 5.49. The van der Waals surface area contributed by atoms with E-state index in [9.17, 15) is 9.18 Å².